The maximum atomic E-state index is 13.6. The van der Waals surface area contributed by atoms with Gasteiger partial charge in [-0.2, -0.15) is 0 Å². The molecule has 5 rings (SSSR count). The Bertz CT molecular complexity index is 1450. The number of anilines is 2. The van der Waals surface area contributed by atoms with Crippen molar-refractivity contribution in [1.82, 2.24) is 9.55 Å². The number of rotatable bonds is 4. The molecule has 0 saturated heterocycles. The van der Waals surface area contributed by atoms with Crippen molar-refractivity contribution in [2.75, 3.05) is 23.9 Å². The molecule has 2 amide bonds. The van der Waals surface area contributed by atoms with Crippen LogP contribution in [0.5, 0.6) is 5.75 Å². The van der Waals surface area contributed by atoms with Gasteiger partial charge in [0.1, 0.15) is 11.3 Å². The number of aryl methyl sites for hydroxylation is 3. The third-order valence-electron chi connectivity index (χ3n) is 6.61. The Labute approximate surface area is 216 Å². The molecule has 1 N–H and O–H groups in total. The molecule has 8 heteroatoms. The van der Waals surface area contributed by atoms with Gasteiger partial charge in [-0.3, -0.25) is 9.59 Å². The number of carbonyl (C=O) groups excluding carboxylic acids is 2. The fourth-order valence-corrected chi connectivity index (χ4v) is 4.82. The molecule has 0 spiro atoms. The second-order valence-corrected chi connectivity index (χ2v) is 8.89. The number of methoxy groups -OCH3 is 1. The van der Waals surface area contributed by atoms with Crippen LogP contribution in [0.4, 0.5) is 11.4 Å². The maximum absolute atomic E-state index is 13.6. The van der Waals surface area contributed by atoms with Crippen LogP contribution < -0.4 is 15.0 Å². The summed E-state index contributed by atoms with van der Waals surface area (Å²) in [6.07, 6.45) is 4.67. The molecule has 0 radical (unpaired) electrons. The Morgan fingerprint density at radius 3 is 2.67 bits per heavy atom. The van der Waals surface area contributed by atoms with Crippen LogP contribution in [0.15, 0.2) is 60.9 Å². The van der Waals surface area contributed by atoms with E-state index in [1.807, 2.05) is 53.8 Å². The average Bonchev–Trinajstić information content (AvgIpc) is 3.11. The van der Waals surface area contributed by atoms with Gasteiger partial charge in [-0.15, -0.1) is 12.4 Å². The highest BCUT2D eigenvalue weighted by Crippen LogP contribution is 2.32. The van der Waals surface area contributed by atoms with Gasteiger partial charge in [-0.1, -0.05) is 24.3 Å². The summed E-state index contributed by atoms with van der Waals surface area (Å²) in [6, 6.07) is 16.8. The number of amides is 2. The lowest BCUT2D eigenvalue weighted by Gasteiger charge is -2.25. The van der Waals surface area contributed by atoms with E-state index in [4.69, 9.17) is 4.74 Å². The normalized spacial score (nSPS) is 12.9. The van der Waals surface area contributed by atoms with Crippen molar-refractivity contribution in [3.63, 3.8) is 0 Å². The van der Waals surface area contributed by atoms with Crippen LogP contribution in [-0.4, -0.2) is 35.0 Å². The summed E-state index contributed by atoms with van der Waals surface area (Å²) in [5.74, 6) is -0.0673. The highest BCUT2D eigenvalue weighted by molar-refractivity contribution is 6.11. The van der Waals surface area contributed by atoms with Crippen molar-refractivity contribution in [3.8, 4) is 5.75 Å². The molecule has 1 aromatic heterocycles. The van der Waals surface area contributed by atoms with Gasteiger partial charge in [0.2, 0.25) is 0 Å². The lowest BCUT2D eigenvalue weighted by molar-refractivity contribution is 0.0982. The topological polar surface area (TPSA) is 76.5 Å². The lowest BCUT2D eigenvalue weighted by Crippen LogP contribution is -2.32. The van der Waals surface area contributed by atoms with Gasteiger partial charge >= 0.3 is 0 Å². The molecule has 0 bridgehead atoms. The van der Waals surface area contributed by atoms with Gasteiger partial charge < -0.3 is 19.5 Å². The second-order valence-electron chi connectivity index (χ2n) is 8.89. The first-order chi connectivity index (χ1) is 17.0. The van der Waals surface area contributed by atoms with E-state index < -0.39 is 0 Å². The zero-order valence-electron chi connectivity index (χ0n) is 20.6. The number of halogens is 1. The van der Waals surface area contributed by atoms with Gasteiger partial charge in [0.25, 0.3) is 11.8 Å². The van der Waals surface area contributed by atoms with E-state index in [-0.39, 0.29) is 24.2 Å². The van der Waals surface area contributed by atoms with E-state index in [1.165, 1.54) is 12.7 Å². The molecule has 186 valence electrons. The number of aromatic nitrogens is 2. The predicted molar refractivity (Wildman–Crippen MR) is 145 cm³/mol. The Kier molecular flexibility index (Phi) is 7.31. The number of nitrogens with one attached hydrogen (secondary N) is 1. The van der Waals surface area contributed by atoms with Crippen LogP contribution in [0.3, 0.4) is 0 Å². The van der Waals surface area contributed by atoms with Gasteiger partial charge in [0.15, 0.2) is 0 Å². The van der Waals surface area contributed by atoms with E-state index in [0.29, 0.717) is 34.6 Å². The summed E-state index contributed by atoms with van der Waals surface area (Å²) in [5, 5.41) is 2.94. The Morgan fingerprint density at radius 2 is 1.86 bits per heavy atom. The summed E-state index contributed by atoms with van der Waals surface area (Å²) in [7, 11) is 3.41. The molecule has 7 nitrogen and oxygen atoms in total. The van der Waals surface area contributed by atoms with Crippen LogP contribution in [-0.2, 0) is 13.5 Å². The molecule has 0 unspecified atom stereocenters. The van der Waals surface area contributed by atoms with Crippen LogP contribution in [0.2, 0.25) is 0 Å². The second kappa shape index (κ2) is 10.4. The number of hydrogen-bond donors (Lipinski definition) is 1. The van der Waals surface area contributed by atoms with Gasteiger partial charge in [-0.05, 0) is 67.6 Å². The van der Waals surface area contributed by atoms with Crippen molar-refractivity contribution < 1.29 is 14.3 Å². The van der Waals surface area contributed by atoms with Crippen LogP contribution in [0.25, 0.3) is 11.0 Å². The number of hydrogen-bond acceptors (Lipinski definition) is 4. The van der Waals surface area contributed by atoms with E-state index in [0.717, 1.165) is 36.0 Å². The monoisotopic (exact) mass is 504 g/mol. The molecular formula is C28H29ClN4O3. The summed E-state index contributed by atoms with van der Waals surface area (Å²) in [5.41, 5.74) is 6.37. The molecule has 0 atom stereocenters. The highest BCUT2D eigenvalue weighted by atomic mass is 35.5. The van der Waals surface area contributed by atoms with Crippen molar-refractivity contribution in [2.24, 2.45) is 7.05 Å². The predicted octanol–water partition coefficient (Wildman–Crippen LogP) is 5.55. The molecule has 0 aliphatic carbocycles. The minimum atomic E-state index is -0.324. The first-order valence-corrected chi connectivity index (χ1v) is 11.8. The summed E-state index contributed by atoms with van der Waals surface area (Å²) >= 11 is 0. The smallest absolute Gasteiger partial charge is 0.259 e. The zero-order valence-corrected chi connectivity index (χ0v) is 21.4. The van der Waals surface area contributed by atoms with E-state index in [1.54, 1.807) is 24.5 Å². The maximum Gasteiger partial charge on any atom is 0.259 e. The van der Waals surface area contributed by atoms with E-state index in [9.17, 15) is 9.59 Å². The minimum Gasteiger partial charge on any atom is -0.496 e. The van der Waals surface area contributed by atoms with Crippen molar-refractivity contribution >= 4 is 46.6 Å². The van der Waals surface area contributed by atoms with E-state index in [2.05, 4.69) is 16.4 Å². The Hall–Kier alpha value is -3.84. The lowest BCUT2D eigenvalue weighted by atomic mass is 10.0. The van der Waals surface area contributed by atoms with Crippen LogP contribution >= 0.6 is 12.4 Å². The van der Waals surface area contributed by atoms with Crippen LogP contribution in [0, 0.1) is 6.92 Å². The number of para-hydroxylation sites is 2. The van der Waals surface area contributed by atoms with Crippen LogP contribution in [0.1, 0.15) is 44.7 Å². The molecule has 1 aliphatic heterocycles. The van der Waals surface area contributed by atoms with E-state index >= 15 is 0 Å². The molecule has 36 heavy (non-hydrogen) atoms. The number of carbonyl (C=O) groups is 2. The molecular weight excluding hydrogens is 476 g/mol. The molecule has 2 heterocycles. The number of ether oxygens (including phenoxy) is 1. The summed E-state index contributed by atoms with van der Waals surface area (Å²) in [4.78, 5) is 33.0. The first-order valence-electron chi connectivity index (χ1n) is 11.8. The molecule has 1 aliphatic rings. The average molecular weight is 505 g/mol. The van der Waals surface area contributed by atoms with Crippen molar-refractivity contribution in [2.45, 2.75) is 26.2 Å². The number of fused-ring (bicyclic) bond motifs is 2. The number of nitrogens with zero attached hydrogens (tertiary/aromatic N) is 3. The molecule has 3 aromatic carbocycles. The number of benzene rings is 3. The minimum absolute atomic E-state index is 0. The number of imidazole rings is 1. The standard InChI is InChI=1S/C28H28N4O3.ClH/c1-18-8-6-10-19-9-4-5-15-32(26(18)19)28(34)20-13-14-21(24(16-20)35-3)27(33)30-22-11-7-12-23-25(22)29-17-31(23)2;/h6-8,10-14,16-17H,4-5,9,15H2,1-3H3,(H,30,33);1H. The summed E-state index contributed by atoms with van der Waals surface area (Å²) in [6.45, 7) is 2.70. The third-order valence-corrected chi connectivity index (χ3v) is 6.61. The third kappa shape index (κ3) is 4.54. The largest absolute Gasteiger partial charge is 0.496 e. The quantitative estimate of drug-likeness (QED) is 0.395. The Balaban J connectivity index is 0.00000304. The molecule has 0 fully saturated rings. The van der Waals surface area contributed by atoms with Crippen molar-refractivity contribution in [3.05, 3.63) is 83.2 Å². The fraction of sp³-hybridized carbons (Fsp3) is 0.250. The Morgan fingerprint density at radius 1 is 1.06 bits per heavy atom. The van der Waals surface area contributed by atoms with Gasteiger partial charge in [-0.25, -0.2) is 4.98 Å². The summed E-state index contributed by atoms with van der Waals surface area (Å²) < 4.78 is 7.44. The fourth-order valence-electron chi connectivity index (χ4n) is 4.82. The highest BCUT2D eigenvalue weighted by Gasteiger charge is 2.25. The zero-order chi connectivity index (χ0) is 24.5. The first kappa shape index (κ1) is 25.3. The van der Waals surface area contributed by atoms with Crippen molar-refractivity contribution in [1.29, 1.82) is 0 Å². The molecule has 4 aromatic rings. The van der Waals surface area contributed by atoms with Gasteiger partial charge in [0.05, 0.1) is 35.9 Å². The molecule has 0 saturated carbocycles. The SMILES string of the molecule is COc1cc(C(=O)N2CCCCc3cccc(C)c32)ccc1C(=O)Nc1cccc2c1ncn2C.Cl. The van der Waals surface area contributed by atoms with Gasteiger partial charge in [0, 0.05) is 19.2 Å².